The molecular formula is C11H12BrN3S2. The van der Waals surface area contributed by atoms with E-state index in [4.69, 9.17) is 12.2 Å². The van der Waals surface area contributed by atoms with Crippen LogP contribution in [-0.2, 0) is 0 Å². The molecule has 6 heteroatoms. The van der Waals surface area contributed by atoms with Crippen LogP contribution in [0, 0.1) is 4.77 Å². The lowest BCUT2D eigenvalue weighted by molar-refractivity contribution is 0.474. The van der Waals surface area contributed by atoms with Crippen LogP contribution in [0.1, 0.15) is 18.9 Å². The summed E-state index contributed by atoms with van der Waals surface area (Å²) in [5.74, 6) is 2.44. The quantitative estimate of drug-likeness (QED) is 0.805. The second-order valence-electron chi connectivity index (χ2n) is 4.17. The number of fused-ring (bicyclic) bond motifs is 1. The molecule has 2 aromatic rings. The number of nitrogens with one attached hydrogen (secondary N) is 1. The Balaban J connectivity index is 2.14. The fraction of sp³-hybridized carbons (Fsp3) is 0.455. The Hall–Kier alpha value is -0.330. The average molecular weight is 330 g/mol. The van der Waals surface area contributed by atoms with Gasteiger partial charge < -0.3 is 4.98 Å². The zero-order valence-corrected chi connectivity index (χ0v) is 12.4. The maximum atomic E-state index is 5.42. The van der Waals surface area contributed by atoms with Gasteiger partial charge in [-0.2, -0.15) is 11.8 Å². The summed E-state index contributed by atoms with van der Waals surface area (Å²) < 4.78 is 3.96. The lowest BCUT2D eigenvalue weighted by Crippen LogP contribution is -2.15. The van der Waals surface area contributed by atoms with Gasteiger partial charge in [0.15, 0.2) is 10.4 Å². The van der Waals surface area contributed by atoms with Gasteiger partial charge in [-0.25, -0.2) is 4.98 Å². The zero-order chi connectivity index (χ0) is 11.8. The summed E-state index contributed by atoms with van der Waals surface area (Å²) in [6.07, 6.45) is 4.20. The molecular weight excluding hydrogens is 318 g/mol. The van der Waals surface area contributed by atoms with Crippen LogP contribution in [0.15, 0.2) is 16.7 Å². The van der Waals surface area contributed by atoms with E-state index in [0.717, 1.165) is 20.4 Å². The summed E-state index contributed by atoms with van der Waals surface area (Å²) in [7, 11) is 0. The molecule has 0 bridgehead atoms. The van der Waals surface area contributed by atoms with Crippen molar-refractivity contribution in [2.24, 2.45) is 0 Å². The molecule has 0 saturated carbocycles. The summed E-state index contributed by atoms with van der Waals surface area (Å²) in [5.41, 5.74) is 2.00. The van der Waals surface area contributed by atoms with Crippen LogP contribution in [0.25, 0.3) is 11.2 Å². The SMILES string of the molecule is S=c1[nH]c2cc(Br)cnc2n1C1CCSCC1. The Morgan fingerprint density at radius 1 is 1.47 bits per heavy atom. The van der Waals surface area contributed by atoms with Crippen LogP contribution in [0.5, 0.6) is 0 Å². The predicted octanol–water partition coefficient (Wildman–Crippen LogP) is 3.92. The van der Waals surface area contributed by atoms with Gasteiger partial charge in [-0.3, -0.25) is 4.57 Å². The molecule has 3 heterocycles. The first-order valence-electron chi connectivity index (χ1n) is 5.59. The maximum Gasteiger partial charge on any atom is 0.179 e. The van der Waals surface area contributed by atoms with Gasteiger partial charge in [-0.15, -0.1) is 0 Å². The molecule has 90 valence electrons. The first-order chi connectivity index (χ1) is 8.25. The van der Waals surface area contributed by atoms with Crippen molar-refractivity contribution >= 4 is 51.1 Å². The molecule has 0 spiro atoms. The monoisotopic (exact) mass is 329 g/mol. The molecule has 2 aromatic heterocycles. The number of nitrogens with zero attached hydrogens (tertiary/aromatic N) is 2. The van der Waals surface area contributed by atoms with Crippen molar-refractivity contribution in [1.82, 2.24) is 14.5 Å². The molecule has 0 amide bonds. The molecule has 0 aliphatic carbocycles. The summed E-state index contributed by atoms with van der Waals surface area (Å²) in [4.78, 5) is 7.73. The second kappa shape index (κ2) is 4.74. The molecule has 1 N–H and O–H groups in total. The van der Waals surface area contributed by atoms with Gasteiger partial charge in [-0.05, 0) is 58.6 Å². The van der Waals surface area contributed by atoms with Gasteiger partial charge in [0.25, 0.3) is 0 Å². The third-order valence-electron chi connectivity index (χ3n) is 3.08. The number of rotatable bonds is 1. The highest BCUT2D eigenvalue weighted by atomic mass is 79.9. The van der Waals surface area contributed by atoms with Crippen molar-refractivity contribution in [3.8, 4) is 0 Å². The van der Waals surface area contributed by atoms with Gasteiger partial charge in [0.1, 0.15) is 0 Å². The van der Waals surface area contributed by atoms with E-state index < -0.39 is 0 Å². The minimum atomic E-state index is 0.506. The average Bonchev–Trinajstić information content (AvgIpc) is 2.65. The minimum Gasteiger partial charge on any atom is -0.329 e. The van der Waals surface area contributed by atoms with E-state index in [0.29, 0.717) is 6.04 Å². The number of pyridine rings is 1. The molecule has 1 fully saturated rings. The van der Waals surface area contributed by atoms with E-state index in [9.17, 15) is 0 Å². The van der Waals surface area contributed by atoms with E-state index in [1.165, 1.54) is 24.3 Å². The fourth-order valence-corrected chi connectivity index (χ4v) is 4.03. The molecule has 17 heavy (non-hydrogen) atoms. The number of thioether (sulfide) groups is 1. The first-order valence-corrected chi connectivity index (χ1v) is 7.95. The van der Waals surface area contributed by atoms with Crippen LogP contribution in [0.3, 0.4) is 0 Å². The normalized spacial score (nSPS) is 17.7. The predicted molar refractivity (Wildman–Crippen MR) is 78.2 cm³/mol. The van der Waals surface area contributed by atoms with Crippen molar-refractivity contribution in [2.75, 3.05) is 11.5 Å². The molecule has 1 saturated heterocycles. The zero-order valence-electron chi connectivity index (χ0n) is 9.15. The molecule has 3 rings (SSSR count). The van der Waals surface area contributed by atoms with Crippen molar-refractivity contribution in [1.29, 1.82) is 0 Å². The highest BCUT2D eigenvalue weighted by molar-refractivity contribution is 9.10. The van der Waals surface area contributed by atoms with Crippen molar-refractivity contribution in [3.05, 3.63) is 21.5 Å². The maximum absolute atomic E-state index is 5.42. The molecule has 0 radical (unpaired) electrons. The van der Waals surface area contributed by atoms with Gasteiger partial charge >= 0.3 is 0 Å². The largest absolute Gasteiger partial charge is 0.329 e. The van der Waals surface area contributed by atoms with Crippen molar-refractivity contribution in [3.63, 3.8) is 0 Å². The minimum absolute atomic E-state index is 0.506. The first kappa shape index (κ1) is 11.7. The summed E-state index contributed by atoms with van der Waals surface area (Å²) >= 11 is 10.9. The van der Waals surface area contributed by atoms with Gasteiger partial charge in [0.2, 0.25) is 0 Å². The highest BCUT2D eigenvalue weighted by Gasteiger charge is 2.19. The Kier molecular flexibility index (Phi) is 3.28. The van der Waals surface area contributed by atoms with Crippen molar-refractivity contribution < 1.29 is 0 Å². The number of aromatic nitrogens is 3. The Morgan fingerprint density at radius 2 is 2.24 bits per heavy atom. The number of aromatic amines is 1. The number of halogens is 1. The summed E-state index contributed by atoms with van der Waals surface area (Å²) in [6.45, 7) is 0. The Labute approximate surface area is 117 Å². The molecule has 0 atom stereocenters. The lowest BCUT2D eigenvalue weighted by atomic mass is 10.1. The number of hydrogen-bond acceptors (Lipinski definition) is 3. The van der Waals surface area contributed by atoms with E-state index in [1.54, 1.807) is 0 Å². The smallest absolute Gasteiger partial charge is 0.179 e. The van der Waals surface area contributed by atoms with E-state index >= 15 is 0 Å². The van der Waals surface area contributed by atoms with E-state index in [-0.39, 0.29) is 0 Å². The Bertz CT molecular complexity index is 598. The molecule has 1 aliphatic heterocycles. The number of imidazole rings is 1. The summed E-state index contributed by atoms with van der Waals surface area (Å²) in [6, 6.07) is 2.54. The van der Waals surface area contributed by atoms with E-state index in [2.05, 4.69) is 30.5 Å². The highest BCUT2D eigenvalue weighted by Crippen LogP contribution is 2.30. The van der Waals surface area contributed by atoms with E-state index in [1.807, 2.05) is 24.0 Å². The van der Waals surface area contributed by atoms with Crippen LogP contribution in [0.4, 0.5) is 0 Å². The Morgan fingerprint density at radius 3 is 3.00 bits per heavy atom. The number of hydrogen-bond donors (Lipinski definition) is 1. The van der Waals surface area contributed by atoms with Gasteiger partial charge in [0, 0.05) is 16.7 Å². The second-order valence-corrected chi connectivity index (χ2v) is 6.70. The molecule has 0 unspecified atom stereocenters. The topological polar surface area (TPSA) is 33.6 Å². The third kappa shape index (κ3) is 2.18. The number of H-pyrrole nitrogens is 1. The van der Waals surface area contributed by atoms with Crippen LogP contribution in [0.2, 0.25) is 0 Å². The van der Waals surface area contributed by atoms with Crippen LogP contribution in [-0.4, -0.2) is 26.0 Å². The lowest BCUT2D eigenvalue weighted by Gasteiger charge is -2.22. The molecule has 1 aliphatic rings. The molecule has 3 nitrogen and oxygen atoms in total. The van der Waals surface area contributed by atoms with Gasteiger partial charge in [-0.1, -0.05) is 0 Å². The van der Waals surface area contributed by atoms with Crippen molar-refractivity contribution in [2.45, 2.75) is 18.9 Å². The summed E-state index contributed by atoms with van der Waals surface area (Å²) in [5, 5.41) is 0. The van der Waals surface area contributed by atoms with Gasteiger partial charge in [0.05, 0.1) is 5.52 Å². The standard InChI is InChI=1S/C11H12BrN3S2/c12-7-5-9-10(13-6-7)15(11(16)14-9)8-1-3-17-4-2-8/h5-6,8H,1-4H2,(H,14,16). The van der Waals surface area contributed by atoms with Crippen LogP contribution < -0.4 is 0 Å². The third-order valence-corrected chi connectivity index (χ3v) is 4.86. The molecule has 0 aromatic carbocycles. The fourth-order valence-electron chi connectivity index (χ4n) is 2.27. The van der Waals surface area contributed by atoms with Crippen LogP contribution >= 0.6 is 39.9 Å².